The van der Waals surface area contributed by atoms with Crippen molar-refractivity contribution in [2.45, 2.75) is 0 Å². The highest BCUT2D eigenvalue weighted by Crippen LogP contribution is 1.95. The topological polar surface area (TPSA) is 23.6 Å². The van der Waals surface area contributed by atoms with E-state index >= 15 is 0 Å². The van der Waals surface area contributed by atoms with Crippen LogP contribution in [0.4, 0.5) is 0 Å². The second kappa shape index (κ2) is 7.31. The Bertz CT molecular complexity index is 179. The number of nitrogens with zero attached hydrogens (tertiary/aromatic N) is 2. The molecule has 3 nitrogen and oxygen atoms in total. The van der Waals surface area contributed by atoms with E-state index in [1.165, 1.54) is 5.01 Å². The molecule has 0 heterocycles. The van der Waals surface area contributed by atoms with E-state index in [-0.39, 0.29) is 0 Å². The summed E-state index contributed by atoms with van der Waals surface area (Å²) in [5, 5.41) is 3.37. The van der Waals surface area contributed by atoms with Crippen LogP contribution in [0, 0.1) is 0 Å². The second-order valence-electron chi connectivity index (χ2n) is 2.47. The SMILES string of the molecule is C=CCN(C=O)N(CC=C)CC=C. The van der Waals surface area contributed by atoms with Gasteiger partial charge in [0.05, 0.1) is 6.54 Å². The van der Waals surface area contributed by atoms with Gasteiger partial charge in [-0.05, 0) is 0 Å². The van der Waals surface area contributed by atoms with Crippen molar-refractivity contribution in [3.05, 3.63) is 38.0 Å². The average Bonchev–Trinajstić information content (AvgIpc) is 2.14. The van der Waals surface area contributed by atoms with Crippen molar-refractivity contribution in [3.8, 4) is 0 Å². The fraction of sp³-hybridized carbons (Fsp3) is 0.300. The molecule has 13 heavy (non-hydrogen) atoms. The first kappa shape index (κ1) is 11.6. The summed E-state index contributed by atoms with van der Waals surface area (Å²) in [5.74, 6) is 0. The van der Waals surface area contributed by atoms with Gasteiger partial charge in [0.2, 0.25) is 6.41 Å². The molecular formula is C10H16N2O. The zero-order valence-corrected chi connectivity index (χ0v) is 7.85. The highest BCUT2D eigenvalue weighted by atomic mass is 16.1. The Labute approximate surface area is 79.6 Å². The molecule has 0 atom stereocenters. The Balaban J connectivity index is 4.25. The van der Waals surface area contributed by atoms with Gasteiger partial charge in [-0.25, -0.2) is 5.01 Å². The Morgan fingerprint density at radius 2 is 1.38 bits per heavy atom. The number of rotatable bonds is 8. The van der Waals surface area contributed by atoms with E-state index in [1.807, 2.05) is 5.01 Å². The lowest BCUT2D eigenvalue weighted by molar-refractivity contribution is -0.131. The minimum atomic E-state index is 0.505. The van der Waals surface area contributed by atoms with Crippen LogP contribution in [0.25, 0.3) is 0 Å². The molecule has 0 spiro atoms. The normalized spacial score (nSPS) is 9.31. The van der Waals surface area contributed by atoms with Crippen LogP contribution in [-0.4, -0.2) is 36.1 Å². The van der Waals surface area contributed by atoms with E-state index < -0.39 is 0 Å². The molecule has 0 aliphatic carbocycles. The summed E-state index contributed by atoms with van der Waals surface area (Å²) in [7, 11) is 0. The molecule has 0 bridgehead atoms. The van der Waals surface area contributed by atoms with Gasteiger partial charge < -0.3 is 0 Å². The minimum absolute atomic E-state index is 0.505. The monoisotopic (exact) mass is 180 g/mol. The van der Waals surface area contributed by atoms with Crippen LogP contribution in [0.1, 0.15) is 0 Å². The van der Waals surface area contributed by atoms with Crippen molar-refractivity contribution in [2.24, 2.45) is 0 Å². The molecule has 0 fully saturated rings. The molecule has 0 N–H and O–H groups in total. The molecule has 0 aromatic carbocycles. The van der Waals surface area contributed by atoms with E-state index in [0.717, 1.165) is 6.41 Å². The van der Waals surface area contributed by atoms with Gasteiger partial charge in [0.25, 0.3) is 0 Å². The summed E-state index contributed by atoms with van der Waals surface area (Å²) in [6.45, 7) is 12.6. The molecule has 3 heteroatoms. The minimum Gasteiger partial charge on any atom is -0.277 e. The van der Waals surface area contributed by atoms with E-state index in [0.29, 0.717) is 19.6 Å². The summed E-state index contributed by atoms with van der Waals surface area (Å²) < 4.78 is 0. The fourth-order valence-corrected chi connectivity index (χ4v) is 0.940. The van der Waals surface area contributed by atoms with Crippen LogP contribution in [0.15, 0.2) is 38.0 Å². The summed E-state index contributed by atoms with van der Waals surface area (Å²) in [6.07, 6.45) is 5.93. The Hall–Kier alpha value is -1.35. The number of hydrogen-bond donors (Lipinski definition) is 0. The summed E-state index contributed by atoms with van der Waals surface area (Å²) in [5.41, 5.74) is 0. The van der Waals surface area contributed by atoms with Gasteiger partial charge in [-0.3, -0.25) is 9.80 Å². The third kappa shape index (κ3) is 4.28. The number of carbonyl (C=O) groups is 1. The first-order valence-corrected chi connectivity index (χ1v) is 4.09. The molecule has 72 valence electrons. The van der Waals surface area contributed by atoms with Gasteiger partial charge in [0.15, 0.2) is 0 Å². The van der Waals surface area contributed by atoms with Gasteiger partial charge in [0, 0.05) is 13.1 Å². The van der Waals surface area contributed by atoms with E-state index in [4.69, 9.17) is 0 Å². The fourth-order valence-electron chi connectivity index (χ4n) is 0.940. The summed E-state index contributed by atoms with van der Waals surface area (Å²) in [4.78, 5) is 10.7. The largest absolute Gasteiger partial charge is 0.277 e. The maximum absolute atomic E-state index is 10.7. The first-order chi connectivity index (χ1) is 6.29. The highest BCUT2D eigenvalue weighted by Gasteiger charge is 2.07. The Kier molecular flexibility index (Phi) is 6.55. The number of carbonyl (C=O) groups excluding carboxylic acids is 1. The van der Waals surface area contributed by atoms with E-state index in [2.05, 4.69) is 19.7 Å². The molecule has 0 aliphatic heterocycles. The zero-order valence-electron chi connectivity index (χ0n) is 7.85. The van der Waals surface area contributed by atoms with Gasteiger partial charge in [-0.1, -0.05) is 18.2 Å². The summed E-state index contributed by atoms with van der Waals surface area (Å²) in [6, 6.07) is 0. The molecule has 0 saturated carbocycles. The standard InChI is InChI=1S/C10H16N2O/c1-4-7-11(8-5-2)12(10-13)9-6-3/h4-6,10H,1-3,7-9H2. The molecule has 0 radical (unpaired) electrons. The van der Waals surface area contributed by atoms with Crippen molar-refractivity contribution in [1.82, 2.24) is 10.0 Å². The maximum atomic E-state index is 10.7. The van der Waals surface area contributed by atoms with Crippen molar-refractivity contribution < 1.29 is 4.79 Å². The molecule has 0 rings (SSSR count). The Morgan fingerprint density at radius 3 is 1.69 bits per heavy atom. The molecule has 0 aromatic heterocycles. The third-order valence-corrected chi connectivity index (χ3v) is 1.48. The predicted molar refractivity (Wildman–Crippen MR) is 54.9 cm³/mol. The van der Waals surface area contributed by atoms with Crippen LogP contribution < -0.4 is 0 Å². The van der Waals surface area contributed by atoms with Crippen molar-refractivity contribution in [1.29, 1.82) is 0 Å². The number of hydrogen-bond acceptors (Lipinski definition) is 2. The van der Waals surface area contributed by atoms with Crippen LogP contribution in [0.2, 0.25) is 0 Å². The molecular weight excluding hydrogens is 164 g/mol. The van der Waals surface area contributed by atoms with E-state index in [9.17, 15) is 4.79 Å². The van der Waals surface area contributed by atoms with Crippen LogP contribution >= 0.6 is 0 Å². The smallest absolute Gasteiger partial charge is 0.224 e. The number of amides is 1. The molecule has 0 aliphatic rings. The maximum Gasteiger partial charge on any atom is 0.224 e. The molecule has 0 saturated heterocycles. The lowest BCUT2D eigenvalue weighted by Gasteiger charge is -2.28. The lowest BCUT2D eigenvalue weighted by Crippen LogP contribution is -2.42. The highest BCUT2D eigenvalue weighted by molar-refractivity contribution is 5.46. The van der Waals surface area contributed by atoms with Crippen LogP contribution in [0.5, 0.6) is 0 Å². The van der Waals surface area contributed by atoms with Gasteiger partial charge >= 0.3 is 0 Å². The first-order valence-electron chi connectivity index (χ1n) is 4.09. The van der Waals surface area contributed by atoms with Crippen molar-refractivity contribution >= 4 is 6.41 Å². The second-order valence-corrected chi connectivity index (χ2v) is 2.47. The van der Waals surface area contributed by atoms with E-state index in [1.54, 1.807) is 18.2 Å². The van der Waals surface area contributed by atoms with Gasteiger partial charge in [0.1, 0.15) is 0 Å². The van der Waals surface area contributed by atoms with Gasteiger partial charge in [-0.2, -0.15) is 0 Å². The van der Waals surface area contributed by atoms with Crippen LogP contribution in [-0.2, 0) is 4.79 Å². The quantitative estimate of drug-likeness (QED) is 0.318. The molecule has 0 unspecified atom stereocenters. The lowest BCUT2D eigenvalue weighted by atomic mass is 10.5. The van der Waals surface area contributed by atoms with Crippen molar-refractivity contribution in [3.63, 3.8) is 0 Å². The zero-order chi connectivity index (χ0) is 10.1. The van der Waals surface area contributed by atoms with Gasteiger partial charge in [-0.15, -0.1) is 19.7 Å². The number of hydrazine groups is 1. The average molecular weight is 180 g/mol. The molecule has 0 aromatic rings. The summed E-state index contributed by atoms with van der Waals surface area (Å²) >= 11 is 0. The third-order valence-electron chi connectivity index (χ3n) is 1.48. The van der Waals surface area contributed by atoms with Crippen molar-refractivity contribution in [2.75, 3.05) is 19.6 Å². The Morgan fingerprint density at radius 1 is 0.923 bits per heavy atom. The predicted octanol–water partition coefficient (Wildman–Crippen LogP) is 1.22. The molecule has 1 amide bonds. The van der Waals surface area contributed by atoms with Crippen LogP contribution in [0.3, 0.4) is 0 Å².